The number of likely N-dealkylation sites (N-methyl/N-ethyl adjacent to an activating group) is 1. The Morgan fingerprint density at radius 2 is 2.20 bits per heavy atom. The zero-order valence-electron chi connectivity index (χ0n) is 9.22. The number of nitrogens with zero attached hydrogens (tertiary/aromatic N) is 1. The van der Waals surface area contributed by atoms with E-state index in [1.54, 1.807) is 7.11 Å². The average molecular weight is 270 g/mol. The van der Waals surface area contributed by atoms with Crippen molar-refractivity contribution < 1.29 is 4.74 Å². The highest BCUT2D eigenvalue weighted by Crippen LogP contribution is 2.33. The molecule has 3 heteroatoms. The van der Waals surface area contributed by atoms with Crippen LogP contribution in [0.1, 0.15) is 18.1 Å². The van der Waals surface area contributed by atoms with Crippen molar-refractivity contribution in [2.75, 3.05) is 20.2 Å². The molecule has 0 spiro atoms. The van der Waals surface area contributed by atoms with Gasteiger partial charge in [-0.15, -0.1) is 0 Å². The number of hydrogen-bond acceptors (Lipinski definition) is 2. The van der Waals surface area contributed by atoms with Crippen LogP contribution >= 0.6 is 15.9 Å². The summed E-state index contributed by atoms with van der Waals surface area (Å²) in [6.45, 7) is 5.49. The Hall–Kier alpha value is -0.540. The number of ether oxygens (including phenoxy) is 1. The van der Waals surface area contributed by atoms with Gasteiger partial charge in [0.1, 0.15) is 5.75 Å². The maximum absolute atomic E-state index is 5.40. The van der Waals surface area contributed by atoms with Crippen LogP contribution in [-0.4, -0.2) is 25.1 Å². The lowest BCUT2D eigenvalue weighted by molar-refractivity contribution is 0.263. The highest BCUT2D eigenvalue weighted by atomic mass is 79.9. The Kier molecular flexibility index (Phi) is 3.32. The van der Waals surface area contributed by atoms with Crippen molar-refractivity contribution in [2.45, 2.75) is 19.9 Å². The number of fused-ring (bicyclic) bond motifs is 1. The molecule has 0 aliphatic carbocycles. The topological polar surface area (TPSA) is 12.5 Å². The van der Waals surface area contributed by atoms with E-state index in [0.29, 0.717) is 0 Å². The van der Waals surface area contributed by atoms with Gasteiger partial charge in [0.05, 0.1) is 7.11 Å². The highest BCUT2D eigenvalue weighted by Gasteiger charge is 2.20. The summed E-state index contributed by atoms with van der Waals surface area (Å²) in [5.74, 6) is 1.03. The van der Waals surface area contributed by atoms with Gasteiger partial charge in [-0.25, -0.2) is 0 Å². The predicted molar refractivity (Wildman–Crippen MR) is 65.3 cm³/mol. The molecule has 1 aromatic carbocycles. The Bertz CT molecular complexity index is 365. The van der Waals surface area contributed by atoms with Crippen molar-refractivity contribution in [2.24, 2.45) is 0 Å². The van der Waals surface area contributed by atoms with Gasteiger partial charge >= 0.3 is 0 Å². The highest BCUT2D eigenvalue weighted by molar-refractivity contribution is 9.10. The Labute approximate surface area is 99.4 Å². The Morgan fingerprint density at radius 3 is 2.87 bits per heavy atom. The molecule has 0 saturated carbocycles. The second-order valence-corrected chi connectivity index (χ2v) is 4.68. The maximum Gasteiger partial charge on any atom is 0.122 e. The van der Waals surface area contributed by atoms with Crippen molar-refractivity contribution in [3.05, 3.63) is 27.7 Å². The lowest BCUT2D eigenvalue weighted by Crippen LogP contribution is -2.30. The molecule has 2 rings (SSSR count). The van der Waals surface area contributed by atoms with E-state index in [4.69, 9.17) is 4.74 Å². The van der Waals surface area contributed by atoms with E-state index >= 15 is 0 Å². The molecule has 0 fully saturated rings. The molecule has 0 aromatic heterocycles. The van der Waals surface area contributed by atoms with Crippen molar-refractivity contribution in [1.82, 2.24) is 4.90 Å². The van der Waals surface area contributed by atoms with Crippen LogP contribution in [-0.2, 0) is 13.0 Å². The summed E-state index contributed by atoms with van der Waals surface area (Å²) < 4.78 is 6.60. The summed E-state index contributed by atoms with van der Waals surface area (Å²) in [6.07, 6.45) is 1.09. The molecule has 0 saturated heterocycles. The molecule has 15 heavy (non-hydrogen) atoms. The first-order chi connectivity index (χ1) is 7.26. The van der Waals surface area contributed by atoms with E-state index in [-0.39, 0.29) is 0 Å². The van der Waals surface area contributed by atoms with Gasteiger partial charge < -0.3 is 4.74 Å². The van der Waals surface area contributed by atoms with Crippen LogP contribution in [0.15, 0.2) is 16.6 Å². The van der Waals surface area contributed by atoms with E-state index in [1.165, 1.54) is 15.6 Å². The molecule has 0 amide bonds. The van der Waals surface area contributed by atoms with Gasteiger partial charge in [-0.2, -0.15) is 0 Å². The number of hydrogen-bond donors (Lipinski definition) is 0. The molecule has 0 bridgehead atoms. The van der Waals surface area contributed by atoms with Crippen LogP contribution in [0.2, 0.25) is 0 Å². The van der Waals surface area contributed by atoms with Gasteiger partial charge in [-0.05, 0) is 30.7 Å². The maximum atomic E-state index is 5.40. The van der Waals surface area contributed by atoms with Crippen LogP contribution in [0.4, 0.5) is 0 Å². The third kappa shape index (κ3) is 2.04. The second-order valence-electron chi connectivity index (χ2n) is 3.83. The van der Waals surface area contributed by atoms with Crippen molar-refractivity contribution >= 4 is 15.9 Å². The van der Waals surface area contributed by atoms with Gasteiger partial charge in [-0.1, -0.05) is 22.9 Å². The van der Waals surface area contributed by atoms with E-state index < -0.39 is 0 Å². The summed E-state index contributed by atoms with van der Waals surface area (Å²) in [6, 6.07) is 4.13. The van der Waals surface area contributed by atoms with Crippen LogP contribution < -0.4 is 4.74 Å². The monoisotopic (exact) mass is 269 g/mol. The van der Waals surface area contributed by atoms with Crippen LogP contribution in [0.5, 0.6) is 5.75 Å². The normalized spacial score (nSPS) is 16.2. The largest absolute Gasteiger partial charge is 0.496 e. The predicted octanol–water partition coefficient (Wildman–Crippen LogP) is 2.84. The SMILES string of the molecule is CCN1CCc2c(OC)ccc(Br)c2C1. The molecule has 0 radical (unpaired) electrons. The first-order valence-electron chi connectivity index (χ1n) is 5.32. The van der Waals surface area contributed by atoms with E-state index in [9.17, 15) is 0 Å². The van der Waals surface area contributed by atoms with Gasteiger partial charge in [0.2, 0.25) is 0 Å². The van der Waals surface area contributed by atoms with Crippen molar-refractivity contribution in [3.63, 3.8) is 0 Å². The molecule has 1 aliphatic heterocycles. The first kappa shape index (κ1) is 11.0. The number of halogens is 1. The third-order valence-corrected chi connectivity index (χ3v) is 3.80. The third-order valence-electron chi connectivity index (χ3n) is 3.06. The minimum Gasteiger partial charge on any atom is -0.496 e. The Morgan fingerprint density at radius 1 is 1.40 bits per heavy atom. The van der Waals surface area contributed by atoms with Crippen molar-refractivity contribution in [3.8, 4) is 5.75 Å². The lowest BCUT2D eigenvalue weighted by atomic mass is 9.99. The fourth-order valence-electron chi connectivity index (χ4n) is 2.12. The summed E-state index contributed by atoms with van der Waals surface area (Å²) in [5, 5.41) is 0. The molecule has 0 unspecified atom stereocenters. The molecular formula is C12H16BrNO. The first-order valence-corrected chi connectivity index (χ1v) is 6.12. The van der Waals surface area contributed by atoms with Crippen LogP contribution in [0.25, 0.3) is 0 Å². The fourth-order valence-corrected chi connectivity index (χ4v) is 2.62. The van der Waals surface area contributed by atoms with Crippen molar-refractivity contribution in [1.29, 1.82) is 0 Å². The number of methoxy groups -OCH3 is 1. The minimum atomic E-state index is 1.03. The molecule has 0 atom stereocenters. The van der Waals surface area contributed by atoms with Gasteiger partial charge in [0.25, 0.3) is 0 Å². The number of benzene rings is 1. The van der Waals surface area contributed by atoms with Crippen LogP contribution in [0, 0.1) is 0 Å². The van der Waals surface area contributed by atoms with Gasteiger partial charge in [-0.3, -0.25) is 4.90 Å². The molecular weight excluding hydrogens is 254 g/mol. The summed E-state index contributed by atoms with van der Waals surface area (Å²) in [4.78, 5) is 2.45. The van der Waals surface area contributed by atoms with Crippen LogP contribution in [0.3, 0.4) is 0 Å². The summed E-state index contributed by atoms with van der Waals surface area (Å²) in [7, 11) is 1.75. The molecule has 1 aromatic rings. The fraction of sp³-hybridized carbons (Fsp3) is 0.500. The molecule has 2 nitrogen and oxygen atoms in total. The number of rotatable bonds is 2. The molecule has 1 aliphatic rings. The second kappa shape index (κ2) is 4.54. The Balaban J connectivity index is 2.40. The minimum absolute atomic E-state index is 1.03. The zero-order valence-corrected chi connectivity index (χ0v) is 10.8. The standard InChI is InChI=1S/C12H16BrNO/c1-3-14-7-6-9-10(8-14)11(13)4-5-12(9)15-2/h4-5H,3,6-8H2,1-2H3. The zero-order chi connectivity index (χ0) is 10.8. The summed E-state index contributed by atoms with van der Waals surface area (Å²) >= 11 is 3.62. The summed E-state index contributed by atoms with van der Waals surface area (Å²) in [5.41, 5.74) is 2.76. The van der Waals surface area contributed by atoms with Gasteiger partial charge in [0.15, 0.2) is 0 Å². The lowest BCUT2D eigenvalue weighted by Gasteiger charge is -2.29. The quantitative estimate of drug-likeness (QED) is 0.819. The molecule has 1 heterocycles. The van der Waals surface area contributed by atoms with E-state index in [0.717, 1.165) is 31.8 Å². The van der Waals surface area contributed by atoms with E-state index in [1.807, 2.05) is 6.07 Å². The molecule has 0 N–H and O–H groups in total. The van der Waals surface area contributed by atoms with E-state index in [2.05, 4.69) is 33.8 Å². The molecule has 82 valence electrons. The average Bonchev–Trinajstić information content (AvgIpc) is 2.29. The smallest absolute Gasteiger partial charge is 0.122 e. The van der Waals surface area contributed by atoms with Gasteiger partial charge in [0, 0.05) is 23.1 Å².